The molecule has 1 fully saturated rings. The molecule has 1 aliphatic carbocycles. The van der Waals surface area contributed by atoms with Gasteiger partial charge in [0.25, 0.3) is 0 Å². The summed E-state index contributed by atoms with van der Waals surface area (Å²) in [6.07, 6.45) is 6.77. The standard InChI is InChI=1S/C10H22N2/c1-3-9(8-11)12(2)10-6-4-5-7-10/h9-10H,3-8,11H2,1-2H3. The van der Waals surface area contributed by atoms with E-state index in [1.807, 2.05) is 0 Å². The maximum Gasteiger partial charge on any atom is 0.0215 e. The molecule has 1 rings (SSSR count). The van der Waals surface area contributed by atoms with Gasteiger partial charge in [-0.1, -0.05) is 19.8 Å². The lowest BCUT2D eigenvalue weighted by Gasteiger charge is -2.31. The molecule has 0 aliphatic heterocycles. The first-order valence-electron chi connectivity index (χ1n) is 5.21. The van der Waals surface area contributed by atoms with Gasteiger partial charge in [0, 0.05) is 18.6 Å². The summed E-state index contributed by atoms with van der Waals surface area (Å²) in [6, 6.07) is 1.42. The molecule has 1 aliphatic rings. The fourth-order valence-corrected chi connectivity index (χ4v) is 2.23. The second-order valence-corrected chi connectivity index (χ2v) is 3.90. The third-order valence-corrected chi connectivity index (χ3v) is 3.22. The first kappa shape index (κ1) is 10.0. The molecule has 0 radical (unpaired) electrons. The average molecular weight is 170 g/mol. The van der Waals surface area contributed by atoms with Gasteiger partial charge in [-0.3, -0.25) is 4.90 Å². The van der Waals surface area contributed by atoms with Crippen LogP contribution >= 0.6 is 0 Å². The largest absolute Gasteiger partial charge is 0.329 e. The van der Waals surface area contributed by atoms with Crippen LogP contribution in [0.2, 0.25) is 0 Å². The van der Waals surface area contributed by atoms with Crippen molar-refractivity contribution in [1.82, 2.24) is 4.90 Å². The Morgan fingerprint density at radius 1 is 1.42 bits per heavy atom. The Kier molecular flexibility index (Phi) is 4.02. The number of rotatable bonds is 4. The van der Waals surface area contributed by atoms with Crippen molar-refractivity contribution in [3.8, 4) is 0 Å². The third-order valence-electron chi connectivity index (χ3n) is 3.22. The number of likely N-dealkylation sites (N-methyl/N-ethyl adjacent to an activating group) is 1. The van der Waals surface area contributed by atoms with Gasteiger partial charge in [0.05, 0.1) is 0 Å². The molecule has 0 aromatic heterocycles. The summed E-state index contributed by atoms with van der Waals surface area (Å²) < 4.78 is 0. The molecule has 72 valence electrons. The van der Waals surface area contributed by atoms with Crippen LogP contribution in [0.5, 0.6) is 0 Å². The van der Waals surface area contributed by atoms with Gasteiger partial charge in [0.1, 0.15) is 0 Å². The molecule has 2 N–H and O–H groups in total. The minimum atomic E-state index is 0.605. The summed E-state index contributed by atoms with van der Waals surface area (Å²) in [6.45, 7) is 3.03. The lowest BCUT2D eigenvalue weighted by molar-refractivity contribution is 0.174. The quantitative estimate of drug-likeness (QED) is 0.694. The third kappa shape index (κ3) is 2.20. The van der Waals surface area contributed by atoms with E-state index in [1.165, 1.54) is 32.1 Å². The molecule has 12 heavy (non-hydrogen) atoms. The number of hydrogen-bond acceptors (Lipinski definition) is 2. The molecule has 0 amide bonds. The second-order valence-electron chi connectivity index (χ2n) is 3.90. The Morgan fingerprint density at radius 3 is 2.42 bits per heavy atom. The molecule has 0 aromatic carbocycles. The van der Waals surface area contributed by atoms with Crippen molar-refractivity contribution < 1.29 is 0 Å². The van der Waals surface area contributed by atoms with E-state index in [4.69, 9.17) is 5.73 Å². The van der Waals surface area contributed by atoms with E-state index >= 15 is 0 Å². The first-order valence-corrected chi connectivity index (χ1v) is 5.21. The molecule has 0 heterocycles. The van der Waals surface area contributed by atoms with Crippen LogP contribution in [0.1, 0.15) is 39.0 Å². The monoisotopic (exact) mass is 170 g/mol. The first-order chi connectivity index (χ1) is 5.79. The zero-order valence-corrected chi connectivity index (χ0v) is 8.42. The van der Waals surface area contributed by atoms with Gasteiger partial charge in [0.2, 0.25) is 0 Å². The van der Waals surface area contributed by atoms with Crippen LogP contribution in [0.3, 0.4) is 0 Å². The van der Waals surface area contributed by atoms with Crippen molar-refractivity contribution in [2.45, 2.75) is 51.1 Å². The molecular formula is C10H22N2. The Bertz CT molecular complexity index is 113. The average Bonchev–Trinajstić information content (AvgIpc) is 2.58. The lowest BCUT2D eigenvalue weighted by atomic mass is 10.1. The van der Waals surface area contributed by atoms with E-state index in [0.717, 1.165) is 12.6 Å². The smallest absolute Gasteiger partial charge is 0.0215 e. The van der Waals surface area contributed by atoms with Crippen LogP contribution in [0.25, 0.3) is 0 Å². The Labute approximate surface area is 76.1 Å². The molecule has 2 heteroatoms. The highest BCUT2D eigenvalue weighted by molar-refractivity contribution is 4.80. The van der Waals surface area contributed by atoms with E-state index in [1.54, 1.807) is 0 Å². The summed E-state index contributed by atoms with van der Waals surface area (Å²) in [5.74, 6) is 0. The summed E-state index contributed by atoms with van der Waals surface area (Å²) in [5, 5.41) is 0. The van der Waals surface area contributed by atoms with E-state index in [9.17, 15) is 0 Å². The molecule has 1 atom stereocenters. The fraction of sp³-hybridized carbons (Fsp3) is 1.00. The fourth-order valence-electron chi connectivity index (χ4n) is 2.23. The minimum absolute atomic E-state index is 0.605. The maximum atomic E-state index is 5.71. The highest BCUT2D eigenvalue weighted by atomic mass is 15.2. The molecule has 0 bridgehead atoms. The highest BCUT2D eigenvalue weighted by Crippen LogP contribution is 2.24. The SMILES string of the molecule is CCC(CN)N(C)C1CCCC1. The van der Waals surface area contributed by atoms with Gasteiger partial charge in [-0.15, -0.1) is 0 Å². The molecule has 1 unspecified atom stereocenters. The maximum absolute atomic E-state index is 5.71. The topological polar surface area (TPSA) is 29.3 Å². The zero-order chi connectivity index (χ0) is 8.97. The number of nitrogens with zero attached hydrogens (tertiary/aromatic N) is 1. The lowest BCUT2D eigenvalue weighted by Crippen LogP contribution is -2.42. The van der Waals surface area contributed by atoms with Crippen molar-refractivity contribution in [3.05, 3.63) is 0 Å². The predicted octanol–water partition coefficient (Wildman–Crippen LogP) is 1.60. The zero-order valence-electron chi connectivity index (χ0n) is 8.42. The van der Waals surface area contributed by atoms with Crippen LogP contribution in [-0.2, 0) is 0 Å². The molecular weight excluding hydrogens is 148 g/mol. The Morgan fingerprint density at radius 2 is 2.00 bits per heavy atom. The van der Waals surface area contributed by atoms with Crippen molar-refractivity contribution in [2.75, 3.05) is 13.6 Å². The number of nitrogens with two attached hydrogens (primary N) is 1. The van der Waals surface area contributed by atoms with Gasteiger partial charge < -0.3 is 5.73 Å². The molecule has 0 aromatic rings. The summed E-state index contributed by atoms with van der Waals surface area (Å²) in [5.41, 5.74) is 5.71. The van der Waals surface area contributed by atoms with Gasteiger partial charge in [-0.2, -0.15) is 0 Å². The highest BCUT2D eigenvalue weighted by Gasteiger charge is 2.23. The van der Waals surface area contributed by atoms with Crippen LogP contribution < -0.4 is 5.73 Å². The van der Waals surface area contributed by atoms with E-state index < -0.39 is 0 Å². The van der Waals surface area contributed by atoms with Gasteiger partial charge >= 0.3 is 0 Å². The van der Waals surface area contributed by atoms with Crippen LogP contribution in [-0.4, -0.2) is 30.6 Å². The molecule has 0 spiro atoms. The van der Waals surface area contributed by atoms with E-state index in [-0.39, 0.29) is 0 Å². The Balaban J connectivity index is 2.37. The predicted molar refractivity (Wildman–Crippen MR) is 53.2 cm³/mol. The minimum Gasteiger partial charge on any atom is -0.329 e. The summed E-state index contributed by atoms with van der Waals surface area (Å²) >= 11 is 0. The van der Waals surface area contributed by atoms with Crippen molar-refractivity contribution in [3.63, 3.8) is 0 Å². The van der Waals surface area contributed by atoms with Crippen molar-refractivity contribution in [1.29, 1.82) is 0 Å². The van der Waals surface area contributed by atoms with Crippen LogP contribution in [0.15, 0.2) is 0 Å². The molecule has 1 saturated carbocycles. The van der Waals surface area contributed by atoms with E-state index in [2.05, 4.69) is 18.9 Å². The van der Waals surface area contributed by atoms with Crippen molar-refractivity contribution >= 4 is 0 Å². The van der Waals surface area contributed by atoms with Crippen LogP contribution in [0.4, 0.5) is 0 Å². The van der Waals surface area contributed by atoms with Crippen LogP contribution in [0, 0.1) is 0 Å². The molecule has 2 nitrogen and oxygen atoms in total. The number of hydrogen-bond donors (Lipinski definition) is 1. The second kappa shape index (κ2) is 4.83. The van der Waals surface area contributed by atoms with Gasteiger partial charge in [-0.05, 0) is 26.3 Å². The van der Waals surface area contributed by atoms with E-state index in [0.29, 0.717) is 6.04 Å². The summed E-state index contributed by atoms with van der Waals surface area (Å²) in [7, 11) is 2.23. The Hall–Kier alpha value is -0.0800. The normalized spacial score (nSPS) is 22.0. The van der Waals surface area contributed by atoms with Gasteiger partial charge in [-0.25, -0.2) is 0 Å². The van der Waals surface area contributed by atoms with Crippen molar-refractivity contribution in [2.24, 2.45) is 5.73 Å². The molecule has 0 saturated heterocycles. The summed E-state index contributed by atoms with van der Waals surface area (Å²) in [4.78, 5) is 2.49. The van der Waals surface area contributed by atoms with Gasteiger partial charge in [0.15, 0.2) is 0 Å².